The van der Waals surface area contributed by atoms with Crippen LogP contribution in [-0.4, -0.2) is 19.5 Å². The molecule has 0 bridgehead atoms. The first-order chi connectivity index (χ1) is 10.2. The van der Waals surface area contributed by atoms with E-state index in [1.165, 1.54) is 6.07 Å². The van der Waals surface area contributed by atoms with Gasteiger partial charge in [-0.05, 0) is 42.8 Å². The van der Waals surface area contributed by atoms with E-state index in [0.29, 0.717) is 6.07 Å². The van der Waals surface area contributed by atoms with Crippen LogP contribution in [-0.2, 0) is 10.0 Å². The van der Waals surface area contributed by atoms with Crippen molar-refractivity contribution >= 4 is 33.3 Å². The molecule has 22 heavy (non-hydrogen) atoms. The zero-order valence-corrected chi connectivity index (χ0v) is 12.9. The van der Waals surface area contributed by atoms with E-state index in [1.54, 1.807) is 19.1 Å². The Morgan fingerprint density at radius 2 is 1.91 bits per heavy atom. The molecule has 0 aromatic heterocycles. The molecular formula is C14H11ClFNO4S. The van der Waals surface area contributed by atoms with Crippen LogP contribution < -0.4 is 4.72 Å². The van der Waals surface area contributed by atoms with Crippen molar-refractivity contribution in [3.05, 3.63) is 58.4 Å². The Bertz CT molecular complexity index is 852. The minimum atomic E-state index is -4.22. The number of nitrogens with one attached hydrogen (secondary N) is 1. The molecule has 0 aliphatic rings. The van der Waals surface area contributed by atoms with Gasteiger partial charge in [-0.15, -0.1) is 0 Å². The van der Waals surface area contributed by atoms with Gasteiger partial charge in [-0.25, -0.2) is 17.6 Å². The summed E-state index contributed by atoms with van der Waals surface area (Å²) in [5.41, 5.74) is 0.601. The van der Waals surface area contributed by atoms with Crippen molar-refractivity contribution in [3.8, 4) is 0 Å². The SMILES string of the molecule is Cc1ccc(NS(=O)(=O)c2ccc(C(=O)O)cc2F)c(Cl)c1. The number of hydrogen-bond acceptors (Lipinski definition) is 3. The second kappa shape index (κ2) is 5.94. The summed E-state index contributed by atoms with van der Waals surface area (Å²) in [4.78, 5) is 10.1. The fourth-order valence-corrected chi connectivity index (χ4v) is 3.23. The largest absolute Gasteiger partial charge is 0.478 e. The minimum absolute atomic E-state index is 0.106. The molecule has 0 aliphatic carbocycles. The molecule has 0 atom stereocenters. The first-order valence-electron chi connectivity index (χ1n) is 6.02. The molecule has 0 spiro atoms. The van der Waals surface area contributed by atoms with E-state index in [2.05, 4.69) is 4.72 Å². The Balaban J connectivity index is 2.40. The highest BCUT2D eigenvalue weighted by Crippen LogP contribution is 2.26. The zero-order chi connectivity index (χ0) is 16.5. The van der Waals surface area contributed by atoms with Crippen LogP contribution in [0.1, 0.15) is 15.9 Å². The third-order valence-corrected chi connectivity index (χ3v) is 4.55. The lowest BCUT2D eigenvalue weighted by Crippen LogP contribution is -2.15. The number of benzene rings is 2. The molecule has 0 aliphatic heterocycles. The van der Waals surface area contributed by atoms with Gasteiger partial charge in [-0.2, -0.15) is 0 Å². The molecule has 0 saturated carbocycles. The summed E-state index contributed by atoms with van der Waals surface area (Å²) in [6.07, 6.45) is 0. The van der Waals surface area contributed by atoms with Gasteiger partial charge in [0, 0.05) is 0 Å². The number of sulfonamides is 1. The predicted octanol–water partition coefficient (Wildman–Crippen LogP) is 3.29. The molecule has 2 aromatic rings. The van der Waals surface area contributed by atoms with Crippen LogP contribution >= 0.6 is 11.6 Å². The van der Waals surface area contributed by atoms with E-state index >= 15 is 0 Å². The van der Waals surface area contributed by atoms with E-state index in [0.717, 1.165) is 17.7 Å². The van der Waals surface area contributed by atoms with Gasteiger partial charge >= 0.3 is 5.97 Å². The van der Waals surface area contributed by atoms with E-state index < -0.39 is 26.7 Å². The molecular weight excluding hydrogens is 333 g/mol. The van der Waals surface area contributed by atoms with Crippen LogP contribution in [0.25, 0.3) is 0 Å². The topological polar surface area (TPSA) is 83.5 Å². The highest BCUT2D eigenvalue weighted by molar-refractivity contribution is 7.92. The summed E-state index contributed by atoms with van der Waals surface area (Å²) >= 11 is 5.93. The average molecular weight is 344 g/mol. The molecule has 2 aromatic carbocycles. The van der Waals surface area contributed by atoms with Crippen LogP contribution in [0, 0.1) is 12.7 Å². The molecule has 2 rings (SSSR count). The lowest BCUT2D eigenvalue weighted by Gasteiger charge is -2.11. The second-order valence-corrected chi connectivity index (χ2v) is 6.60. The van der Waals surface area contributed by atoms with Gasteiger partial charge in [0.2, 0.25) is 0 Å². The molecule has 0 unspecified atom stereocenters. The maximum Gasteiger partial charge on any atom is 0.335 e. The summed E-state index contributed by atoms with van der Waals surface area (Å²) in [5, 5.41) is 8.92. The van der Waals surface area contributed by atoms with Gasteiger partial charge in [0.1, 0.15) is 10.7 Å². The van der Waals surface area contributed by atoms with Gasteiger partial charge in [-0.1, -0.05) is 17.7 Å². The Kier molecular flexibility index (Phi) is 4.39. The summed E-state index contributed by atoms with van der Waals surface area (Å²) in [6, 6.07) is 7.21. The molecule has 0 radical (unpaired) electrons. The number of hydrogen-bond donors (Lipinski definition) is 2. The van der Waals surface area contributed by atoms with Gasteiger partial charge in [0.15, 0.2) is 0 Å². The molecule has 0 amide bonds. The number of aromatic carboxylic acids is 1. The van der Waals surface area contributed by atoms with Gasteiger partial charge in [0.05, 0.1) is 16.3 Å². The standard InChI is InChI=1S/C14H11ClFNO4S/c1-8-2-4-12(10(15)6-8)17-22(20,21)13-5-3-9(14(18)19)7-11(13)16/h2-7,17H,1H3,(H,18,19). The third kappa shape index (κ3) is 3.37. The summed E-state index contributed by atoms with van der Waals surface area (Å²) in [5.74, 6) is -2.51. The number of anilines is 1. The van der Waals surface area contributed by atoms with Gasteiger partial charge in [-0.3, -0.25) is 4.72 Å². The van der Waals surface area contributed by atoms with E-state index in [4.69, 9.17) is 16.7 Å². The summed E-state index contributed by atoms with van der Waals surface area (Å²) in [7, 11) is -4.22. The highest BCUT2D eigenvalue weighted by Gasteiger charge is 2.21. The monoisotopic (exact) mass is 343 g/mol. The molecule has 5 nitrogen and oxygen atoms in total. The van der Waals surface area contributed by atoms with E-state index in [1.807, 2.05) is 0 Å². The first kappa shape index (κ1) is 16.3. The number of rotatable bonds is 4. The smallest absolute Gasteiger partial charge is 0.335 e. The Labute approximate surface area is 131 Å². The fraction of sp³-hybridized carbons (Fsp3) is 0.0714. The normalized spacial score (nSPS) is 11.2. The quantitative estimate of drug-likeness (QED) is 0.892. The maximum atomic E-state index is 13.9. The van der Waals surface area contributed by atoms with Crippen molar-refractivity contribution < 1.29 is 22.7 Å². The van der Waals surface area contributed by atoms with Crippen LogP contribution in [0.4, 0.5) is 10.1 Å². The number of halogens is 2. The van der Waals surface area contributed by atoms with Crippen molar-refractivity contribution in [2.45, 2.75) is 11.8 Å². The van der Waals surface area contributed by atoms with Crippen LogP contribution in [0.15, 0.2) is 41.3 Å². The van der Waals surface area contributed by atoms with Crippen molar-refractivity contribution in [2.75, 3.05) is 4.72 Å². The number of aryl methyl sites for hydroxylation is 1. The van der Waals surface area contributed by atoms with Gasteiger partial charge in [0.25, 0.3) is 10.0 Å². The van der Waals surface area contributed by atoms with Crippen molar-refractivity contribution in [1.29, 1.82) is 0 Å². The van der Waals surface area contributed by atoms with E-state index in [-0.39, 0.29) is 16.3 Å². The predicted molar refractivity (Wildman–Crippen MR) is 80.4 cm³/mol. The average Bonchev–Trinajstić information content (AvgIpc) is 2.41. The molecule has 116 valence electrons. The fourth-order valence-electron chi connectivity index (χ4n) is 1.75. The van der Waals surface area contributed by atoms with Crippen molar-refractivity contribution in [1.82, 2.24) is 0 Å². The third-order valence-electron chi connectivity index (χ3n) is 2.84. The van der Waals surface area contributed by atoms with Gasteiger partial charge < -0.3 is 5.11 Å². The molecule has 0 fully saturated rings. The molecule has 8 heteroatoms. The molecule has 2 N–H and O–H groups in total. The maximum absolute atomic E-state index is 13.9. The zero-order valence-electron chi connectivity index (χ0n) is 11.3. The summed E-state index contributed by atoms with van der Waals surface area (Å²) < 4.78 is 40.4. The van der Waals surface area contributed by atoms with Crippen molar-refractivity contribution in [2.24, 2.45) is 0 Å². The Morgan fingerprint density at radius 1 is 1.23 bits per heavy atom. The minimum Gasteiger partial charge on any atom is -0.478 e. The molecule has 0 saturated heterocycles. The van der Waals surface area contributed by atoms with Crippen LogP contribution in [0.5, 0.6) is 0 Å². The molecule has 0 heterocycles. The number of carbonyl (C=O) groups is 1. The van der Waals surface area contributed by atoms with Crippen molar-refractivity contribution in [3.63, 3.8) is 0 Å². The Hall–Kier alpha value is -2.12. The number of carboxylic acid groups (broad SMARTS) is 1. The second-order valence-electron chi connectivity index (χ2n) is 4.54. The number of carboxylic acids is 1. The van der Waals surface area contributed by atoms with E-state index in [9.17, 15) is 17.6 Å². The van der Waals surface area contributed by atoms with Crippen LogP contribution in [0.3, 0.4) is 0 Å². The lowest BCUT2D eigenvalue weighted by molar-refractivity contribution is 0.0696. The lowest BCUT2D eigenvalue weighted by atomic mass is 10.2. The highest BCUT2D eigenvalue weighted by atomic mass is 35.5. The first-order valence-corrected chi connectivity index (χ1v) is 7.88. The summed E-state index contributed by atoms with van der Waals surface area (Å²) in [6.45, 7) is 1.79. The Morgan fingerprint density at radius 3 is 2.45 bits per heavy atom. The van der Waals surface area contributed by atoms with Crippen LogP contribution in [0.2, 0.25) is 5.02 Å².